The maximum absolute atomic E-state index is 11.3. The second kappa shape index (κ2) is 7.69. The lowest BCUT2D eigenvalue weighted by molar-refractivity contribution is -0.120. The van der Waals surface area contributed by atoms with Gasteiger partial charge in [0.25, 0.3) is 0 Å². The number of ketones is 2. The lowest BCUT2D eigenvalue weighted by Gasteiger charge is -2.12. The Labute approximate surface area is 96.5 Å². The zero-order valence-electron chi connectivity index (χ0n) is 9.84. The summed E-state index contributed by atoms with van der Waals surface area (Å²) >= 11 is 1.68. The fraction of sp³-hybridized carbons (Fsp3) is 0.667. The van der Waals surface area contributed by atoms with Crippen molar-refractivity contribution in [1.29, 1.82) is 0 Å². The summed E-state index contributed by atoms with van der Waals surface area (Å²) in [6.45, 7) is 8.98. The topological polar surface area (TPSA) is 34.1 Å². The van der Waals surface area contributed by atoms with Crippen LogP contribution in [0.4, 0.5) is 0 Å². The van der Waals surface area contributed by atoms with Gasteiger partial charge >= 0.3 is 0 Å². The minimum atomic E-state index is 0.0689. The van der Waals surface area contributed by atoms with Gasteiger partial charge in [-0.15, -0.1) is 6.58 Å². The van der Waals surface area contributed by atoms with E-state index in [4.69, 9.17) is 0 Å². The summed E-state index contributed by atoms with van der Waals surface area (Å²) in [6, 6.07) is 0. The summed E-state index contributed by atoms with van der Waals surface area (Å²) < 4.78 is 0. The molecule has 0 aliphatic carbocycles. The van der Waals surface area contributed by atoms with Crippen molar-refractivity contribution in [3.63, 3.8) is 0 Å². The van der Waals surface area contributed by atoms with Crippen molar-refractivity contribution in [2.75, 3.05) is 11.5 Å². The first kappa shape index (κ1) is 14.4. The van der Waals surface area contributed by atoms with E-state index >= 15 is 0 Å². The molecule has 0 radical (unpaired) electrons. The second-order valence-electron chi connectivity index (χ2n) is 4.00. The smallest absolute Gasteiger partial charge is 0.134 e. The van der Waals surface area contributed by atoms with E-state index in [2.05, 4.69) is 6.58 Å². The monoisotopic (exact) mass is 228 g/mol. The largest absolute Gasteiger partial charge is 0.300 e. The Bertz CT molecular complexity index is 246. The molecule has 0 aliphatic heterocycles. The molecular formula is C12H20O2S. The maximum Gasteiger partial charge on any atom is 0.134 e. The van der Waals surface area contributed by atoms with Crippen molar-refractivity contribution in [1.82, 2.24) is 0 Å². The van der Waals surface area contributed by atoms with Gasteiger partial charge in [-0.2, -0.15) is 11.8 Å². The first-order valence-electron chi connectivity index (χ1n) is 5.15. The SMILES string of the molecule is C=C(C)CC(CSCCC(C)=O)C(C)=O. The van der Waals surface area contributed by atoms with Crippen LogP contribution in [-0.2, 0) is 9.59 Å². The average molecular weight is 228 g/mol. The van der Waals surface area contributed by atoms with Crippen LogP contribution in [0.1, 0.15) is 33.6 Å². The number of rotatable bonds is 8. The molecule has 2 nitrogen and oxygen atoms in total. The van der Waals surface area contributed by atoms with E-state index in [1.54, 1.807) is 25.6 Å². The van der Waals surface area contributed by atoms with Crippen molar-refractivity contribution in [3.8, 4) is 0 Å². The molecule has 0 fully saturated rings. The molecule has 1 unspecified atom stereocenters. The molecule has 15 heavy (non-hydrogen) atoms. The standard InChI is InChI=1S/C12H20O2S/c1-9(2)7-12(11(4)14)8-15-6-5-10(3)13/h12H,1,5-8H2,2-4H3. The van der Waals surface area contributed by atoms with E-state index in [-0.39, 0.29) is 17.5 Å². The van der Waals surface area contributed by atoms with E-state index in [9.17, 15) is 9.59 Å². The van der Waals surface area contributed by atoms with Crippen molar-refractivity contribution >= 4 is 23.3 Å². The molecule has 0 spiro atoms. The van der Waals surface area contributed by atoms with Gasteiger partial charge in [0.15, 0.2) is 0 Å². The zero-order valence-corrected chi connectivity index (χ0v) is 10.7. The summed E-state index contributed by atoms with van der Waals surface area (Å²) in [5.41, 5.74) is 1.04. The van der Waals surface area contributed by atoms with Crippen LogP contribution in [0.25, 0.3) is 0 Å². The van der Waals surface area contributed by atoms with Gasteiger partial charge in [0.05, 0.1) is 0 Å². The number of hydrogen-bond acceptors (Lipinski definition) is 3. The van der Waals surface area contributed by atoms with Crippen molar-refractivity contribution < 1.29 is 9.59 Å². The first-order valence-corrected chi connectivity index (χ1v) is 6.31. The molecule has 3 heteroatoms. The normalized spacial score (nSPS) is 12.2. The van der Waals surface area contributed by atoms with E-state index in [0.29, 0.717) is 6.42 Å². The van der Waals surface area contributed by atoms with Gasteiger partial charge in [0, 0.05) is 23.8 Å². The van der Waals surface area contributed by atoms with Crippen LogP contribution >= 0.6 is 11.8 Å². The highest BCUT2D eigenvalue weighted by Gasteiger charge is 2.14. The third-order valence-corrected chi connectivity index (χ3v) is 3.22. The molecular weight excluding hydrogens is 208 g/mol. The molecule has 0 N–H and O–H groups in total. The molecule has 0 aliphatic rings. The molecule has 86 valence electrons. The van der Waals surface area contributed by atoms with Crippen LogP contribution < -0.4 is 0 Å². The Kier molecular flexibility index (Phi) is 7.39. The zero-order chi connectivity index (χ0) is 11.8. The minimum Gasteiger partial charge on any atom is -0.300 e. The van der Waals surface area contributed by atoms with Gasteiger partial charge in [-0.3, -0.25) is 9.59 Å². The number of thioether (sulfide) groups is 1. The number of Topliss-reactive ketones (excluding diaryl/α,β-unsaturated/α-hetero) is 2. The second-order valence-corrected chi connectivity index (χ2v) is 5.15. The molecule has 0 rings (SSSR count). The molecule has 0 saturated carbocycles. The molecule has 1 atom stereocenters. The maximum atomic E-state index is 11.3. The molecule has 0 aromatic carbocycles. The van der Waals surface area contributed by atoms with Gasteiger partial charge in [0.1, 0.15) is 11.6 Å². The molecule has 0 heterocycles. The van der Waals surface area contributed by atoms with Crippen molar-refractivity contribution in [3.05, 3.63) is 12.2 Å². The molecule has 0 aromatic rings. The van der Waals surface area contributed by atoms with Gasteiger partial charge in [-0.25, -0.2) is 0 Å². The van der Waals surface area contributed by atoms with Crippen LogP contribution in [0.2, 0.25) is 0 Å². The highest BCUT2D eigenvalue weighted by atomic mass is 32.2. The predicted octanol–water partition coefficient (Wildman–Crippen LogP) is 2.87. The average Bonchev–Trinajstić information content (AvgIpc) is 2.08. The van der Waals surface area contributed by atoms with Crippen molar-refractivity contribution in [2.24, 2.45) is 5.92 Å². The summed E-state index contributed by atoms with van der Waals surface area (Å²) in [5.74, 6) is 2.11. The molecule has 0 amide bonds. The van der Waals surface area contributed by atoms with Crippen LogP contribution in [0.3, 0.4) is 0 Å². The fourth-order valence-corrected chi connectivity index (χ4v) is 2.42. The highest BCUT2D eigenvalue weighted by molar-refractivity contribution is 7.99. The number of carbonyl (C=O) groups excluding carboxylic acids is 2. The van der Waals surface area contributed by atoms with Crippen LogP contribution in [0.5, 0.6) is 0 Å². The summed E-state index contributed by atoms with van der Waals surface area (Å²) in [5, 5.41) is 0. The molecule has 0 bridgehead atoms. The highest BCUT2D eigenvalue weighted by Crippen LogP contribution is 2.17. The Hall–Kier alpha value is -0.570. The summed E-state index contributed by atoms with van der Waals surface area (Å²) in [7, 11) is 0. The quantitative estimate of drug-likeness (QED) is 0.473. The first-order chi connectivity index (χ1) is 6.93. The van der Waals surface area contributed by atoms with Crippen LogP contribution in [0, 0.1) is 5.92 Å². The third kappa shape index (κ3) is 8.43. The van der Waals surface area contributed by atoms with Crippen molar-refractivity contribution in [2.45, 2.75) is 33.6 Å². The van der Waals surface area contributed by atoms with Crippen LogP contribution in [-0.4, -0.2) is 23.1 Å². The number of carbonyl (C=O) groups is 2. The molecule has 0 aromatic heterocycles. The fourth-order valence-electron chi connectivity index (χ4n) is 1.18. The third-order valence-electron chi connectivity index (χ3n) is 2.09. The van der Waals surface area contributed by atoms with E-state index in [0.717, 1.165) is 23.5 Å². The Balaban J connectivity index is 3.81. The minimum absolute atomic E-state index is 0.0689. The summed E-state index contributed by atoms with van der Waals surface area (Å²) in [6.07, 6.45) is 1.37. The lowest BCUT2D eigenvalue weighted by Crippen LogP contribution is -2.14. The van der Waals surface area contributed by atoms with E-state index in [1.807, 2.05) is 6.92 Å². The summed E-state index contributed by atoms with van der Waals surface area (Å²) in [4.78, 5) is 22.0. The number of hydrogen-bond donors (Lipinski definition) is 0. The lowest BCUT2D eigenvalue weighted by atomic mass is 10.00. The Morgan fingerprint density at radius 1 is 1.27 bits per heavy atom. The predicted molar refractivity (Wildman–Crippen MR) is 66.2 cm³/mol. The Morgan fingerprint density at radius 2 is 1.87 bits per heavy atom. The van der Waals surface area contributed by atoms with Gasteiger partial charge in [-0.05, 0) is 27.2 Å². The van der Waals surface area contributed by atoms with E-state index in [1.165, 1.54) is 0 Å². The Morgan fingerprint density at radius 3 is 2.27 bits per heavy atom. The van der Waals surface area contributed by atoms with Gasteiger partial charge in [-0.1, -0.05) is 5.57 Å². The van der Waals surface area contributed by atoms with Crippen LogP contribution in [0.15, 0.2) is 12.2 Å². The number of allylic oxidation sites excluding steroid dienone is 1. The molecule has 0 saturated heterocycles. The van der Waals surface area contributed by atoms with E-state index < -0.39 is 0 Å². The van der Waals surface area contributed by atoms with Gasteiger partial charge < -0.3 is 0 Å². The van der Waals surface area contributed by atoms with Gasteiger partial charge in [0.2, 0.25) is 0 Å².